The highest BCUT2D eigenvalue weighted by Crippen LogP contribution is 2.32. The van der Waals surface area contributed by atoms with Crippen molar-refractivity contribution >= 4 is 28.6 Å². The topological polar surface area (TPSA) is 77.2 Å². The molecule has 1 unspecified atom stereocenters. The Morgan fingerprint density at radius 3 is 2.59 bits per heavy atom. The quantitative estimate of drug-likeness (QED) is 0.327. The standard InChI is InChI=1S/C21H17F4N3O3S/c1-5-11-6-12-7-13(8-14(22)17(12)26-10-11)30-19(32-4)18(29)27-20(2,3)15-9-16(31-28-15)21(23,24)25/h1,6-10,19H,2-4H3,(H,27,29). The number of ether oxygens (including phenoxy) is 1. The van der Waals surface area contributed by atoms with Crippen LogP contribution in [0, 0.1) is 18.2 Å². The van der Waals surface area contributed by atoms with Crippen LogP contribution in [0.25, 0.3) is 10.9 Å². The number of fused-ring (bicyclic) bond motifs is 1. The van der Waals surface area contributed by atoms with E-state index in [-0.39, 0.29) is 17.0 Å². The number of nitrogens with zero attached hydrogens (tertiary/aromatic N) is 2. The van der Waals surface area contributed by atoms with Crippen LogP contribution in [0.2, 0.25) is 0 Å². The molecular formula is C21H17F4N3O3S. The molecule has 1 amide bonds. The number of amides is 1. The maximum atomic E-state index is 14.4. The number of nitrogens with one attached hydrogen (secondary N) is 1. The first-order valence-corrected chi connectivity index (χ1v) is 10.3. The molecule has 0 saturated heterocycles. The first kappa shape index (κ1) is 23.4. The lowest BCUT2D eigenvalue weighted by Gasteiger charge is -2.26. The van der Waals surface area contributed by atoms with Gasteiger partial charge < -0.3 is 14.6 Å². The highest BCUT2D eigenvalue weighted by molar-refractivity contribution is 7.99. The fourth-order valence-corrected chi connectivity index (χ4v) is 3.27. The van der Waals surface area contributed by atoms with Crippen molar-refractivity contribution in [1.82, 2.24) is 15.5 Å². The smallest absolute Gasteiger partial charge is 0.452 e. The molecule has 0 aliphatic carbocycles. The summed E-state index contributed by atoms with van der Waals surface area (Å²) >= 11 is 1.01. The third-order valence-electron chi connectivity index (χ3n) is 4.41. The van der Waals surface area contributed by atoms with Crippen molar-refractivity contribution in [3.05, 3.63) is 53.3 Å². The van der Waals surface area contributed by atoms with E-state index < -0.39 is 34.6 Å². The highest BCUT2D eigenvalue weighted by Gasteiger charge is 2.39. The molecule has 0 saturated carbocycles. The predicted molar refractivity (Wildman–Crippen MR) is 110 cm³/mol. The lowest BCUT2D eigenvalue weighted by atomic mass is 10.0. The van der Waals surface area contributed by atoms with Crippen molar-refractivity contribution in [3.8, 4) is 18.1 Å². The first-order valence-electron chi connectivity index (χ1n) is 9.06. The fraction of sp³-hybridized carbons (Fsp3) is 0.286. The Labute approximate surface area is 184 Å². The van der Waals surface area contributed by atoms with Crippen molar-refractivity contribution in [3.63, 3.8) is 0 Å². The molecule has 0 bridgehead atoms. The second-order valence-corrected chi connectivity index (χ2v) is 8.12. The predicted octanol–water partition coefficient (Wildman–Crippen LogP) is 4.48. The molecule has 2 heterocycles. The van der Waals surface area contributed by atoms with E-state index in [0.29, 0.717) is 17.0 Å². The molecule has 1 N–H and O–H groups in total. The van der Waals surface area contributed by atoms with E-state index in [0.717, 1.165) is 17.8 Å². The van der Waals surface area contributed by atoms with Crippen LogP contribution in [0.5, 0.6) is 5.75 Å². The van der Waals surface area contributed by atoms with Crippen molar-refractivity contribution in [1.29, 1.82) is 0 Å². The average Bonchev–Trinajstić information content (AvgIpc) is 3.23. The normalized spacial score (nSPS) is 12.9. The monoisotopic (exact) mass is 467 g/mol. The van der Waals surface area contributed by atoms with E-state index in [1.165, 1.54) is 26.1 Å². The Morgan fingerprint density at radius 2 is 2.00 bits per heavy atom. The average molecular weight is 467 g/mol. The Morgan fingerprint density at radius 1 is 1.28 bits per heavy atom. The van der Waals surface area contributed by atoms with Gasteiger partial charge in [-0.2, -0.15) is 13.2 Å². The van der Waals surface area contributed by atoms with Gasteiger partial charge in [0, 0.05) is 29.3 Å². The van der Waals surface area contributed by atoms with Crippen LogP contribution in [0.15, 0.2) is 35.0 Å². The Hall–Kier alpha value is -3.26. The molecular weight excluding hydrogens is 450 g/mol. The van der Waals surface area contributed by atoms with Gasteiger partial charge in [-0.05, 0) is 32.2 Å². The summed E-state index contributed by atoms with van der Waals surface area (Å²) in [6.07, 6.45) is 3.59. The number of pyridine rings is 1. The number of aromatic nitrogens is 2. The van der Waals surface area contributed by atoms with Crippen LogP contribution in [0.1, 0.15) is 30.9 Å². The zero-order chi connectivity index (χ0) is 23.7. The number of carbonyl (C=O) groups is 1. The summed E-state index contributed by atoms with van der Waals surface area (Å²) < 4.78 is 62.7. The Balaban J connectivity index is 1.80. The second-order valence-electron chi connectivity index (χ2n) is 7.22. The molecule has 1 aromatic carbocycles. The Kier molecular flexibility index (Phi) is 6.37. The molecule has 0 radical (unpaired) electrons. The number of hydrogen-bond acceptors (Lipinski definition) is 6. The van der Waals surface area contributed by atoms with Crippen molar-refractivity contribution in [2.75, 3.05) is 6.26 Å². The summed E-state index contributed by atoms with van der Waals surface area (Å²) in [7, 11) is 0. The summed E-state index contributed by atoms with van der Waals surface area (Å²) in [4.78, 5) is 16.7. The van der Waals surface area contributed by atoms with E-state index in [2.05, 4.69) is 25.9 Å². The van der Waals surface area contributed by atoms with Gasteiger partial charge in [0.2, 0.25) is 11.2 Å². The van der Waals surface area contributed by atoms with Crippen LogP contribution < -0.4 is 10.1 Å². The number of hydrogen-bond donors (Lipinski definition) is 1. The number of halogens is 4. The molecule has 3 aromatic rings. The van der Waals surface area contributed by atoms with Crippen molar-refractivity contribution < 1.29 is 31.6 Å². The fourth-order valence-electron chi connectivity index (χ4n) is 2.79. The minimum Gasteiger partial charge on any atom is -0.470 e. The molecule has 11 heteroatoms. The van der Waals surface area contributed by atoms with Gasteiger partial charge in [0.15, 0.2) is 5.82 Å². The van der Waals surface area contributed by atoms with Gasteiger partial charge in [0.05, 0.1) is 5.54 Å². The van der Waals surface area contributed by atoms with Crippen LogP contribution in [0.3, 0.4) is 0 Å². The molecule has 0 fully saturated rings. The molecule has 32 heavy (non-hydrogen) atoms. The second kappa shape index (κ2) is 8.70. The van der Waals surface area contributed by atoms with E-state index in [9.17, 15) is 22.4 Å². The molecule has 0 spiro atoms. The lowest BCUT2D eigenvalue weighted by molar-refractivity contribution is -0.155. The van der Waals surface area contributed by atoms with E-state index in [1.54, 1.807) is 12.3 Å². The molecule has 6 nitrogen and oxygen atoms in total. The van der Waals surface area contributed by atoms with Gasteiger partial charge in [-0.25, -0.2) is 4.39 Å². The number of thioether (sulfide) groups is 1. The summed E-state index contributed by atoms with van der Waals surface area (Å²) in [5.41, 5.74) is -2.02. The van der Waals surface area contributed by atoms with Crippen LogP contribution >= 0.6 is 11.8 Å². The molecule has 0 aliphatic rings. The van der Waals surface area contributed by atoms with Gasteiger partial charge in [0.1, 0.15) is 17.0 Å². The number of terminal acetylenes is 1. The van der Waals surface area contributed by atoms with E-state index in [4.69, 9.17) is 11.2 Å². The molecule has 1 atom stereocenters. The SMILES string of the molecule is C#Cc1cnc2c(F)cc(OC(SC)C(=O)NC(C)(C)c3cc(C(F)(F)F)on3)cc2c1. The first-order chi connectivity index (χ1) is 14.9. The highest BCUT2D eigenvalue weighted by atomic mass is 32.2. The zero-order valence-corrected chi connectivity index (χ0v) is 17.9. The van der Waals surface area contributed by atoms with Crippen LogP contribution in [0.4, 0.5) is 17.6 Å². The van der Waals surface area contributed by atoms with Crippen LogP contribution in [-0.4, -0.2) is 27.7 Å². The number of alkyl halides is 3. The number of benzene rings is 1. The Bertz CT molecular complexity index is 1200. The summed E-state index contributed by atoms with van der Waals surface area (Å²) in [6, 6.07) is 4.84. The van der Waals surface area contributed by atoms with Crippen molar-refractivity contribution in [2.24, 2.45) is 0 Å². The molecule has 2 aromatic heterocycles. The summed E-state index contributed by atoms with van der Waals surface area (Å²) in [6.45, 7) is 2.92. The van der Waals surface area contributed by atoms with E-state index in [1.807, 2.05) is 0 Å². The van der Waals surface area contributed by atoms with Gasteiger partial charge in [0.25, 0.3) is 5.91 Å². The molecule has 3 rings (SSSR count). The van der Waals surface area contributed by atoms with Crippen molar-refractivity contribution in [2.45, 2.75) is 31.0 Å². The minimum absolute atomic E-state index is 0.0547. The van der Waals surface area contributed by atoms with E-state index >= 15 is 0 Å². The van der Waals surface area contributed by atoms with Gasteiger partial charge >= 0.3 is 6.18 Å². The number of carbonyl (C=O) groups excluding carboxylic acids is 1. The third-order valence-corrected chi connectivity index (χ3v) is 5.15. The van der Waals surface area contributed by atoms with Gasteiger partial charge in [-0.15, -0.1) is 18.2 Å². The third kappa shape index (κ3) is 4.96. The maximum Gasteiger partial charge on any atom is 0.452 e. The van der Waals surface area contributed by atoms with Gasteiger partial charge in [-0.1, -0.05) is 11.1 Å². The summed E-state index contributed by atoms with van der Waals surface area (Å²) in [5, 5.41) is 6.37. The number of rotatable bonds is 6. The zero-order valence-electron chi connectivity index (χ0n) is 17.1. The minimum atomic E-state index is -4.70. The van der Waals surface area contributed by atoms with Crippen LogP contribution in [-0.2, 0) is 16.5 Å². The molecule has 168 valence electrons. The largest absolute Gasteiger partial charge is 0.470 e. The lowest BCUT2D eigenvalue weighted by Crippen LogP contribution is -2.46. The van der Waals surface area contributed by atoms with Gasteiger partial charge in [-0.3, -0.25) is 9.78 Å². The summed E-state index contributed by atoms with van der Waals surface area (Å²) in [5.74, 6) is -0.142. The maximum absolute atomic E-state index is 14.4. The molecule has 0 aliphatic heterocycles.